The molecule has 2 aromatic rings. The van der Waals surface area contributed by atoms with Crippen molar-refractivity contribution < 1.29 is 4.79 Å². The maximum absolute atomic E-state index is 12.7. The molecule has 22 heavy (non-hydrogen) atoms. The lowest BCUT2D eigenvalue weighted by atomic mass is 9.90. The second-order valence-electron chi connectivity index (χ2n) is 6.00. The second-order valence-corrected chi connectivity index (χ2v) is 7.00. The van der Waals surface area contributed by atoms with Crippen molar-refractivity contribution in [3.8, 4) is 10.8 Å². The van der Waals surface area contributed by atoms with Crippen LogP contribution in [0.4, 0.5) is 0 Å². The number of carbonyl (C=O) groups excluding carboxylic acids is 1. The number of nitrogens with zero attached hydrogens (tertiary/aromatic N) is 4. The van der Waals surface area contributed by atoms with Crippen molar-refractivity contribution in [3.05, 3.63) is 29.0 Å². The van der Waals surface area contributed by atoms with Gasteiger partial charge in [-0.1, -0.05) is 6.92 Å². The average Bonchev–Trinajstić information content (AvgIpc) is 3.12. The quantitative estimate of drug-likeness (QED) is 0.931. The van der Waals surface area contributed by atoms with Crippen LogP contribution in [-0.2, 0) is 0 Å². The van der Waals surface area contributed by atoms with Crippen LogP contribution < -0.4 is 5.73 Å². The van der Waals surface area contributed by atoms with Crippen molar-refractivity contribution >= 4 is 17.2 Å². The minimum absolute atomic E-state index is 0.0274. The number of aryl methyl sites for hydroxylation is 1. The predicted octanol–water partition coefficient (Wildman–Crippen LogP) is 1.72. The third kappa shape index (κ3) is 2.74. The molecule has 116 valence electrons. The molecule has 0 saturated carbocycles. The molecule has 2 aromatic heterocycles. The zero-order valence-corrected chi connectivity index (χ0v) is 13.6. The summed E-state index contributed by atoms with van der Waals surface area (Å²) in [5, 5.41) is 0.683. The van der Waals surface area contributed by atoms with Crippen LogP contribution in [0.1, 0.15) is 28.7 Å². The molecule has 6 nitrogen and oxygen atoms in total. The van der Waals surface area contributed by atoms with Crippen LogP contribution in [0.3, 0.4) is 0 Å². The van der Waals surface area contributed by atoms with E-state index in [1.807, 2.05) is 11.8 Å². The van der Waals surface area contributed by atoms with E-state index in [2.05, 4.69) is 21.9 Å². The number of rotatable bonds is 3. The summed E-state index contributed by atoms with van der Waals surface area (Å²) in [6, 6.07) is 1.76. The Labute approximate surface area is 133 Å². The molecule has 0 bridgehead atoms. The van der Waals surface area contributed by atoms with E-state index >= 15 is 0 Å². The summed E-state index contributed by atoms with van der Waals surface area (Å²) in [4.78, 5) is 28.1. The molecule has 0 radical (unpaired) electrons. The first-order chi connectivity index (χ1) is 10.5. The lowest BCUT2D eigenvalue weighted by Crippen LogP contribution is -2.34. The van der Waals surface area contributed by atoms with Crippen molar-refractivity contribution in [2.24, 2.45) is 11.1 Å². The molecule has 3 heterocycles. The second kappa shape index (κ2) is 5.73. The van der Waals surface area contributed by atoms with E-state index in [1.54, 1.807) is 18.5 Å². The van der Waals surface area contributed by atoms with Crippen LogP contribution in [0.5, 0.6) is 0 Å². The molecule has 0 aromatic carbocycles. The third-order valence-corrected chi connectivity index (χ3v) is 5.23. The predicted molar refractivity (Wildman–Crippen MR) is 85.6 cm³/mol. The molecular weight excluding hydrogens is 298 g/mol. The summed E-state index contributed by atoms with van der Waals surface area (Å²) < 4.78 is 0. The summed E-state index contributed by atoms with van der Waals surface area (Å²) in [6.45, 7) is 6.04. The number of hydrogen-bond acceptors (Lipinski definition) is 6. The molecule has 0 aliphatic carbocycles. The van der Waals surface area contributed by atoms with Gasteiger partial charge in [-0.05, 0) is 31.4 Å². The van der Waals surface area contributed by atoms with Gasteiger partial charge in [0.05, 0.1) is 5.69 Å². The maximum atomic E-state index is 12.7. The fourth-order valence-electron chi connectivity index (χ4n) is 2.61. The molecule has 1 amide bonds. The highest BCUT2D eigenvalue weighted by Crippen LogP contribution is 2.32. The van der Waals surface area contributed by atoms with E-state index in [-0.39, 0.29) is 11.3 Å². The van der Waals surface area contributed by atoms with Crippen molar-refractivity contribution in [1.82, 2.24) is 19.9 Å². The van der Waals surface area contributed by atoms with Crippen LogP contribution in [0.25, 0.3) is 10.8 Å². The van der Waals surface area contributed by atoms with Crippen LogP contribution in [-0.4, -0.2) is 45.4 Å². The highest BCUT2D eigenvalue weighted by atomic mass is 32.1. The van der Waals surface area contributed by atoms with Gasteiger partial charge in [0.2, 0.25) is 0 Å². The van der Waals surface area contributed by atoms with Crippen molar-refractivity contribution in [3.63, 3.8) is 0 Å². The number of hydrogen-bond donors (Lipinski definition) is 1. The van der Waals surface area contributed by atoms with Crippen molar-refractivity contribution in [2.75, 3.05) is 19.6 Å². The Morgan fingerprint density at radius 2 is 2.18 bits per heavy atom. The van der Waals surface area contributed by atoms with Gasteiger partial charge in [-0.3, -0.25) is 4.79 Å². The molecule has 3 rings (SSSR count). The van der Waals surface area contributed by atoms with E-state index in [1.165, 1.54) is 11.3 Å². The summed E-state index contributed by atoms with van der Waals surface area (Å²) in [6.07, 6.45) is 4.29. The van der Waals surface area contributed by atoms with Gasteiger partial charge < -0.3 is 10.6 Å². The molecule has 7 heteroatoms. The average molecular weight is 317 g/mol. The number of amides is 1. The van der Waals surface area contributed by atoms with Crippen molar-refractivity contribution in [1.29, 1.82) is 0 Å². The first-order valence-electron chi connectivity index (χ1n) is 7.26. The largest absolute Gasteiger partial charge is 0.337 e. The lowest BCUT2D eigenvalue weighted by molar-refractivity contribution is 0.0780. The smallest absolute Gasteiger partial charge is 0.265 e. The molecule has 2 N–H and O–H groups in total. The van der Waals surface area contributed by atoms with Gasteiger partial charge >= 0.3 is 0 Å². The Kier molecular flexibility index (Phi) is 3.92. The van der Waals surface area contributed by atoms with Gasteiger partial charge in [-0.25, -0.2) is 15.0 Å². The Hall–Kier alpha value is -1.86. The Balaban J connectivity index is 1.84. The van der Waals surface area contributed by atoms with Crippen molar-refractivity contribution in [2.45, 2.75) is 20.3 Å². The number of carbonyl (C=O) groups is 1. The fourth-order valence-corrected chi connectivity index (χ4v) is 3.59. The highest BCUT2D eigenvalue weighted by Gasteiger charge is 2.36. The number of aromatic nitrogens is 3. The normalized spacial score (nSPS) is 21.3. The molecule has 1 aliphatic rings. The van der Waals surface area contributed by atoms with E-state index < -0.39 is 0 Å². The third-order valence-electron chi connectivity index (χ3n) is 4.09. The summed E-state index contributed by atoms with van der Waals surface area (Å²) in [5.41, 5.74) is 6.58. The number of nitrogens with two attached hydrogens (primary N) is 1. The molecule has 1 saturated heterocycles. The van der Waals surface area contributed by atoms with E-state index in [9.17, 15) is 4.79 Å². The van der Waals surface area contributed by atoms with Crippen LogP contribution >= 0.6 is 11.3 Å². The SMILES string of the molecule is Cc1nc(-c2ncccn2)sc1C(=O)N1CCC(C)(CN)C1. The molecule has 1 unspecified atom stereocenters. The van der Waals surface area contributed by atoms with Gasteiger partial charge in [-0.2, -0.15) is 0 Å². The van der Waals surface area contributed by atoms with Gasteiger partial charge in [0.25, 0.3) is 5.91 Å². The molecule has 1 fully saturated rings. The summed E-state index contributed by atoms with van der Waals surface area (Å²) >= 11 is 1.36. The van der Waals surface area contributed by atoms with E-state index in [0.717, 1.165) is 18.7 Å². The highest BCUT2D eigenvalue weighted by molar-refractivity contribution is 7.17. The topological polar surface area (TPSA) is 85.0 Å². The van der Waals surface area contributed by atoms with E-state index in [4.69, 9.17) is 5.73 Å². The molecule has 0 spiro atoms. The first-order valence-corrected chi connectivity index (χ1v) is 8.08. The van der Waals surface area contributed by atoms with Gasteiger partial charge in [-0.15, -0.1) is 11.3 Å². The summed E-state index contributed by atoms with van der Waals surface area (Å²) in [7, 11) is 0. The monoisotopic (exact) mass is 317 g/mol. The maximum Gasteiger partial charge on any atom is 0.265 e. The number of thiazole rings is 1. The minimum atomic E-state index is 0.0274. The Morgan fingerprint density at radius 3 is 2.82 bits per heavy atom. The van der Waals surface area contributed by atoms with Crippen LogP contribution in [0, 0.1) is 12.3 Å². The zero-order chi connectivity index (χ0) is 15.7. The Bertz CT molecular complexity index is 686. The molecule has 1 atom stereocenters. The molecule has 1 aliphatic heterocycles. The van der Waals surface area contributed by atoms with Gasteiger partial charge in [0, 0.05) is 25.5 Å². The van der Waals surface area contributed by atoms with Gasteiger partial charge in [0.15, 0.2) is 10.8 Å². The summed E-state index contributed by atoms with van der Waals surface area (Å²) in [5.74, 6) is 0.595. The van der Waals surface area contributed by atoms with Gasteiger partial charge in [0.1, 0.15) is 4.88 Å². The lowest BCUT2D eigenvalue weighted by Gasteiger charge is -2.22. The molecular formula is C15H19N5OS. The standard InChI is InChI=1S/C15H19N5OS/c1-10-11(14(21)20-7-4-15(2,8-16)9-20)22-13(19-10)12-17-5-3-6-18-12/h3,5-6H,4,7-9,16H2,1-2H3. The number of likely N-dealkylation sites (tertiary alicyclic amines) is 1. The minimum Gasteiger partial charge on any atom is -0.337 e. The fraction of sp³-hybridized carbons (Fsp3) is 0.467. The Morgan fingerprint density at radius 1 is 1.45 bits per heavy atom. The zero-order valence-electron chi connectivity index (χ0n) is 12.7. The van der Waals surface area contributed by atoms with Crippen LogP contribution in [0.15, 0.2) is 18.5 Å². The van der Waals surface area contributed by atoms with E-state index in [0.29, 0.717) is 28.8 Å². The first kappa shape index (κ1) is 15.1. The van der Waals surface area contributed by atoms with Crippen LogP contribution in [0.2, 0.25) is 0 Å².